The molecule has 2 unspecified atom stereocenters. The zero-order valence-corrected chi connectivity index (χ0v) is 18.2. The number of anilines is 1. The Bertz CT molecular complexity index is 849. The van der Waals surface area contributed by atoms with Crippen molar-refractivity contribution in [3.05, 3.63) is 29.8 Å². The lowest BCUT2D eigenvalue weighted by Gasteiger charge is -2.30. The molecule has 3 aliphatic rings. The molecule has 2 N–H and O–H groups in total. The zero-order valence-electron chi connectivity index (χ0n) is 18.2. The molecule has 3 amide bonds. The van der Waals surface area contributed by atoms with E-state index >= 15 is 0 Å². The van der Waals surface area contributed by atoms with Crippen molar-refractivity contribution < 1.29 is 23.2 Å². The molecule has 6 nitrogen and oxygen atoms in total. The molecule has 0 spiro atoms. The van der Waals surface area contributed by atoms with E-state index in [9.17, 15) is 23.2 Å². The van der Waals surface area contributed by atoms with Gasteiger partial charge in [0, 0.05) is 43.5 Å². The number of amides is 3. The lowest BCUT2D eigenvalue weighted by Crippen LogP contribution is -2.50. The number of hydrogen-bond acceptors (Lipinski definition) is 3. The molecule has 0 aromatic heterocycles. The minimum Gasteiger partial charge on any atom is -0.344 e. The van der Waals surface area contributed by atoms with Gasteiger partial charge in [-0.3, -0.25) is 14.4 Å². The first-order valence-electron chi connectivity index (χ1n) is 11.6. The van der Waals surface area contributed by atoms with Crippen molar-refractivity contribution >= 4 is 23.9 Å². The van der Waals surface area contributed by atoms with Crippen molar-refractivity contribution in [1.29, 1.82) is 0 Å². The Balaban J connectivity index is 1.39. The van der Waals surface area contributed by atoms with E-state index in [1.54, 1.807) is 4.90 Å². The van der Waals surface area contributed by atoms with Crippen LogP contribution in [0.4, 0.5) is 14.5 Å². The molecule has 1 aromatic rings. The second kappa shape index (κ2) is 9.55. The van der Waals surface area contributed by atoms with Crippen LogP contribution < -0.4 is 10.6 Å². The van der Waals surface area contributed by atoms with Gasteiger partial charge in [0.05, 0.1) is 0 Å². The third kappa shape index (κ3) is 5.45. The average molecular weight is 448 g/mol. The van der Waals surface area contributed by atoms with Gasteiger partial charge in [-0.05, 0) is 43.2 Å². The van der Waals surface area contributed by atoms with Gasteiger partial charge in [-0.2, -0.15) is 0 Å². The predicted octanol–water partition coefficient (Wildman–Crippen LogP) is 3.68. The molecule has 1 saturated heterocycles. The topological polar surface area (TPSA) is 78.5 Å². The fourth-order valence-corrected chi connectivity index (χ4v) is 4.98. The molecule has 1 aromatic carbocycles. The number of rotatable bonds is 8. The molecule has 4 rings (SSSR count). The van der Waals surface area contributed by atoms with Crippen LogP contribution in [0.25, 0.3) is 0 Å². The van der Waals surface area contributed by atoms with Gasteiger partial charge >= 0.3 is 0 Å². The quantitative estimate of drug-likeness (QED) is 0.597. The third-order valence-corrected chi connectivity index (χ3v) is 7.08. The van der Waals surface area contributed by atoms with E-state index in [4.69, 9.17) is 0 Å². The van der Waals surface area contributed by atoms with Crippen LogP contribution in [0.2, 0.25) is 0 Å². The standard InChI is InChI=1S/C24H31F2N3O3/c25-24(26)10-7-17(8-11-24)22(31)28-21(13-16-5-6-16)23(32)29-12-9-18(14-29)19-3-1-2-4-20(19)27-15-30/h1-4,15-18,21H,5-14H2,(H,27,30)(H,28,31). The summed E-state index contributed by atoms with van der Waals surface area (Å²) in [6.07, 6.45) is 3.95. The Morgan fingerprint density at radius 2 is 1.84 bits per heavy atom. The minimum absolute atomic E-state index is 0.0882. The molecule has 2 saturated carbocycles. The Hall–Kier alpha value is -2.51. The van der Waals surface area contributed by atoms with Crippen LogP contribution in [0.1, 0.15) is 62.8 Å². The number of benzene rings is 1. The van der Waals surface area contributed by atoms with Gasteiger partial charge in [0.15, 0.2) is 0 Å². The van der Waals surface area contributed by atoms with E-state index in [2.05, 4.69) is 10.6 Å². The van der Waals surface area contributed by atoms with Crippen LogP contribution in [-0.4, -0.2) is 48.2 Å². The Morgan fingerprint density at radius 1 is 1.12 bits per heavy atom. The maximum atomic E-state index is 13.5. The number of carbonyl (C=O) groups excluding carboxylic acids is 3. The number of nitrogens with zero attached hydrogens (tertiary/aromatic N) is 1. The molecule has 0 radical (unpaired) electrons. The van der Waals surface area contributed by atoms with E-state index < -0.39 is 17.9 Å². The summed E-state index contributed by atoms with van der Waals surface area (Å²) < 4.78 is 26.9. The van der Waals surface area contributed by atoms with Gasteiger partial charge in [-0.25, -0.2) is 8.78 Å². The first-order chi connectivity index (χ1) is 15.4. The Labute approximate surface area is 187 Å². The summed E-state index contributed by atoms with van der Waals surface area (Å²) in [4.78, 5) is 38.8. The summed E-state index contributed by atoms with van der Waals surface area (Å²) in [7, 11) is 0. The number of carbonyl (C=O) groups is 3. The van der Waals surface area contributed by atoms with Crippen molar-refractivity contribution in [2.45, 2.75) is 69.2 Å². The van der Waals surface area contributed by atoms with E-state index in [0.29, 0.717) is 31.8 Å². The monoisotopic (exact) mass is 447 g/mol. The first-order valence-corrected chi connectivity index (χ1v) is 11.6. The highest BCUT2D eigenvalue weighted by molar-refractivity contribution is 5.89. The fourth-order valence-electron chi connectivity index (χ4n) is 4.98. The van der Waals surface area contributed by atoms with Gasteiger partial charge in [0.1, 0.15) is 6.04 Å². The van der Waals surface area contributed by atoms with E-state index in [0.717, 1.165) is 30.5 Å². The molecule has 1 aliphatic heterocycles. The van der Waals surface area contributed by atoms with Crippen LogP contribution >= 0.6 is 0 Å². The summed E-state index contributed by atoms with van der Waals surface area (Å²) >= 11 is 0. The predicted molar refractivity (Wildman–Crippen MR) is 116 cm³/mol. The number of hydrogen-bond donors (Lipinski definition) is 2. The smallest absolute Gasteiger partial charge is 0.248 e. The normalized spacial score (nSPS) is 24.1. The van der Waals surface area contributed by atoms with Crippen LogP contribution in [0.3, 0.4) is 0 Å². The fraction of sp³-hybridized carbons (Fsp3) is 0.625. The summed E-state index contributed by atoms with van der Waals surface area (Å²) in [5, 5.41) is 5.64. The second-order valence-electron chi connectivity index (χ2n) is 9.49. The Kier molecular flexibility index (Phi) is 6.76. The minimum atomic E-state index is -2.68. The van der Waals surface area contributed by atoms with Gasteiger partial charge in [0.2, 0.25) is 24.1 Å². The van der Waals surface area contributed by atoms with Crippen LogP contribution in [0, 0.1) is 11.8 Å². The van der Waals surface area contributed by atoms with E-state index in [1.807, 2.05) is 24.3 Å². The third-order valence-electron chi connectivity index (χ3n) is 7.08. The maximum absolute atomic E-state index is 13.5. The van der Waals surface area contributed by atoms with Crippen molar-refractivity contribution in [3.63, 3.8) is 0 Å². The lowest BCUT2D eigenvalue weighted by molar-refractivity contribution is -0.138. The van der Waals surface area contributed by atoms with Crippen LogP contribution in [0.15, 0.2) is 24.3 Å². The molecule has 174 valence electrons. The summed E-state index contributed by atoms with van der Waals surface area (Å²) in [5.74, 6) is -2.93. The zero-order chi connectivity index (χ0) is 22.7. The van der Waals surface area contributed by atoms with Crippen molar-refractivity contribution in [2.24, 2.45) is 11.8 Å². The maximum Gasteiger partial charge on any atom is 0.248 e. The SMILES string of the molecule is O=CNc1ccccc1C1CCN(C(=O)C(CC2CC2)NC(=O)C2CCC(F)(F)CC2)C1. The number of nitrogens with one attached hydrogen (secondary N) is 2. The molecule has 8 heteroatoms. The van der Waals surface area contributed by atoms with Crippen LogP contribution in [-0.2, 0) is 14.4 Å². The van der Waals surface area contributed by atoms with Crippen LogP contribution in [0.5, 0.6) is 0 Å². The van der Waals surface area contributed by atoms with Crippen molar-refractivity contribution in [3.8, 4) is 0 Å². The summed E-state index contributed by atoms with van der Waals surface area (Å²) in [5.41, 5.74) is 1.75. The lowest BCUT2D eigenvalue weighted by atomic mass is 9.86. The molecular weight excluding hydrogens is 416 g/mol. The Morgan fingerprint density at radius 3 is 2.53 bits per heavy atom. The van der Waals surface area contributed by atoms with Gasteiger partial charge in [0.25, 0.3) is 0 Å². The number of para-hydroxylation sites is 1. The second-order valence-corrected chi connectivity index (χ2v) is 9.49. The average Bonchev–Trinajstić information content (AvgIpc) is 3.45. The first kappa shape index (κ1) is 22.7. The van der Waals surface area contributed by atoms with Crippen molar-refractivity contribution in [1.82, 2.24) is 10.2 Å². The summed E-state index contributed by atoms with van der Waals surface area (Å²) in [6, 6.07) is 6.99. The van der Waals surface area contributed by atoms with E-state index in [1.165, 1.54) is 0 Å². The number of likely N-dealkylation sites (tertiary alicyclic amines) is 1. The number of halogens is 2. The van der Waals surface area contributed by atoms with Crippen molar-refractivity contribution in [2.75, 3.05) is 18.4 Å². The molecule has 0 bridgehead atoms. The largest absolute Gasteiger partial charge is 0.344 e. The molecule has 2 aliphatic carbocycles. The number of alkyl halides is 2. The van der Waals surface area contributed by atoms with Gasteiger partial charge in [-0.15, -0.1) is 0 Å². The molecular formula is C24H31F2N3O3. The summed E-state index contributed by atoms with van der Waals surface area (Å²) in [6.45, 7) is 1.12. The van der Waals surface area contributed by atoms with Gasteiger partial charge < -0.3 is 15.5 Å². The molecule has 2 atom stereocenters. The highest BCUT2D eigenvalue weighted by atomic mass is 19.3. The molecule has 32 heavy (non-hydrogen) atoms. The molecule has 1 heterocycles. The van der Waals surface area contributed by atoms with E-state index in [-0.39, 0.29) is 43.4 Å². The highest BCUT2D eigenvalue weighted by Gasteiger charge is 2.40. The highest BCUT2D eigenvalue weighted by Crippen LogP contribution is 2.38. The molecule has 3 fully saturated rings. The van der Waals surface area contributed by atoms with Gasteiger partial charge in [-0.1, -0.05) is 31.0 Å².